The molecule has 156 valence electrons. The van der Waals surface area contributed by atoms with Crippen LogP contribution in [0.3, 0.4) is 0 Å². The topological polar surface area (TPSA) is 61.4 Å². The summed E-state index contributed by atoms with van der Waals surface area (Å²) in [5, 5.41) is 0. The molecule has 0 N–H and O–H groups in total. The van der Waals surface area contributed by atoms with Crippen LogP contribution in [0.5, 0.6) is 5.88 Å². The van der Waals surface area contributed by atoms with Crippen LogP contribution in [-0.2, 0) is 13.0 Å². The molecule has 0 bridgehead atoms. The largest absolute Gasteiger partial charge is 0.481 e. The lowest BCUT2D eigenvalue weighted by molar-refractivity contribution is 0.399. The van der Waals surface area contributed by atoms with Crippen molar-refractivity contribution in [1.29, 1.82) is 0 Å². The fourth-order valence-corrected chi connectivity index (χ4v) is 3.65. The molecule has 0 radical (unpaired) electrons. The van der Waals surface area contributed by atoms with Gasteiger partial charge in [0.2, 0.25) is 5.88 Å². The van der Waals surface area contributed by atoms with Gasteiger partial charge in [-0.1, -0.05) is 6.92 Å². The van der Waals surface area contributed by atoms with Crippen LogP contribution in [0.15, 0.2) is 29.1 Å². The molecule has 4 aromatic rings. The van der Waals surface area contributed by atoms with Crippen molar-refractivity contribution in [3.63, 3.8) is 0 Å². The summed E-state index contributed by atoms with van der Waals surface area (Å²) in [5.41, 5.74) is 0.622. The van der Waals surface area contributed by atoms with Crippen molar-refractivity contribution in [1.82, 2.24) is 18.9 Å². The summed E-state index contributed by atoms with van der Waals surface area (Å²) in [6.07, 6.45) is 1.42. The molecule has 0 saturated carbocycles. The summed E-state index contributed by atoms with van der Waals surface area (Å²) in [6.45, 7) is 3.27. The minimum absolute atomic E-state index is 0.273. The van der Waals surface area contributed by atoms with E-state index in [1.165, 1.54) is 11.7 Å². The standard InChI is InChI=1S/C21H19F3N4O2/c1-4-5-17-25-11(2)19-21(29)27(10-13-14(23)8-12(22)9-15(13)24)16-6-7-18(30-3)26-20(16)28(17)19/h6-9H,4-5,10H2,1-3H3. The Morgan fingerprint density at radius 3 is 2.43 bits per heavy atom. The molecular formula is C21H19F3N4O2. The quantitative estimate of drug-likeness (QED) is 0.497. The number of benzene rings is 1. The monoisotopic (exact) mass is 416 g/mol. The van der Waals surface area contributed by atoms with Gasteiger partial charge in [0.25, 0.3) is 5.56 Å². The van der Waals surface area contributed by atoms with Crippen molar-refractivity contribution >= 4 is 16.7 Å². The van der Waals surface area contributed by atoms with Crippen molar-refractivity contribution in [2.45, 2.75) is 33.2 Å². The second-order valence-corrected chi connectivity index (χ2v) is 6.98. The van der Waals surface area contributed by atoms with E-state index in [-0.39, 0.29) is 5.52 Å². The maximum Gasteiger partial charge on any atom is 0.277 e. The van der Waals surface area contributed by atoms with Gasteiger partial charge < -0.3 is 4.74 Å². The van der Waals surface area contributed by atoms with Crippen LogP contribution in [0.25, 0.3) is 16.7 Å². The van der Waals surface area contributed by atoms with Gasteiger partial charge in [-0.2, -0.15) is 4.98 Å². The third-order valence-electron chi connectivity index (χ3n) is 5.01. The molecule has 0 amide bonds. The first-order valence-electron chi connectivity index (χ1n) is 9.44. The van der Waals surface area contributed by atoms with Crippen molar-refractivity contribution in [3.8, 4) is 5.88 Å². The fourth-order valence-electron chi connectivity index (χ4n) is 3.65. The van der Waals surface area contributed by atoms with Crippen molar-refractivity contribution in [3.05, 3.63) is 69.2 Å². The second kappa shape index (κ2) is 7.47. The highest BCUT2D eigenvalue weighted by molar-refractivity contribution is 5.77. The number of imidazole rings is 1. The number of aryl methyl sites for hydroxylation is 2. The Hall–Kier alpha value is -3.36. The predicted molar refractivity (Wildman–Crippen MR) is 105 cm³/mol. The molecule has 4 rings (SSSR count). The summed E-state index contributed by atoms with van der Waals surface area (Å²) < 4.78 is 50.0. The molecular weight excluding hydrogens is 397 g/mol. The number of hydrogen-bond acceptors (Lipinski definition) is 4. The molecule has 3 aromatic heterocycles. The second-order valence-electron chi connectivity index (χ2n) is 6.98. The van der Waals surface area contributed by atoms with E-state index in [9.17, 15) is 18.0 Å². The molecule has 3 heterocycles. The highest BCUT2D eigenvalue weighted by Crippen LogP contribution is 2.23. The Morgan fingerprint density at radius 1 is 1.10 bits per heavy atom. The van der Waals surface area contributed by atoms with E-state index in [1.807, 2.05) is 6.92 Å². The predicted octanol–water partition coefficient (Wildman–Crippen LogP) is 3.78. The molecule has 9 heteroatoms. The van der Waals surface area contributed by atoms with Gasteiger partial charge in [0.05, 0.1) is 24.9 Å². The first-order chi connectivity index (χ1) is 14.3. The number of fused-ring (bicyclic) bond motifs is 3. The molecule has 0 saturated heterocycles. The number of methoxy groups -OCH3 is 1. The highest BCUT2D eigenvalue weighted by Gasteiger charge is 2.21. The van der Waals surface area contributed by atoms with Crippen molar-refractivity contribution in [2.75, 3.05) is 7.11 Å². The molecule has 0 fully saturated rings. The zero-order chi connectivity index (χ0) is 21.6. The van der Waals surface area contributed by atoms with E-state index in [0.29, 0.717) is 47.1 Å². The SMILES string of the molecule is CCCc1nc(C)c2c(=O)n(Cc3c(F)cc(F)cc3F)c3ccc(OC)nc3n12. The summed E-state index contributed by atoms with van der Waals surface area (Å²) >= 11 is 0. The average molecular weight is 416 g/mol. The Balaban J connectivity index is 2.09. The maximum absolute atomic E-state index is 14.3. The summed E-state index contributed by atoms with van der Waals surface area (Å²) in [6, 6.07) is 4.35. The van der Waals surface area contributed by atoms with Crippen LogP contribution < -0.4 is 10.3 Å². The number of halogens is 3. The molecule has 0 unspecified atom stereocenters. The van der Waals surface area contributed by atoms with Crippen LogP contribution in [0.4, 0.5) is 13.2 Å². The van der Waals surface area contributed by atoms with Crippen molar-refractivity contribution < 1.29 is 17.9 Å². The first-order valence-corrected chi connectivity index (χ1v) is 9.44. The van der Waals surface area contributed by atoms with E-state index in [2.05, 4.69) is 9.97 Å². The third kappa shape index (κ3) is 3.10. The third-order valence-corrected chi connectivity index (χ3v) is 5.01. The lowest BCUT2D eigenvalue weighted by atomic mass is 10.2. The normalized spacial score (nSPS) is 11.5. The number of aromatic nitrogens is 4. The first kappa shape index (κ1) is 19.9. The molecule has 0 atom stereocenters. The van der Waals surface area contributed by atoms with Crippen LogP contribution in [-0.4, -0.2) is 26.0 Å². The summed E-state index contributed by atoms with van der Waals surface area (Å²) in [7, 11) is 1.47. The van der Waals surface area contributed by atoms with E-state index in [0.717, 1.165) is 6.42 Å². The van der Waals surface area contributed by atoms with Gasteiger partial charge in [0, 0.05) is 30.2 Å². The van der Waals surface area contributed by atoms with Gasteiger partial charge in [-0.3, -0.25) is 13.8 Å². The molecule has 0 aliphatic heterocycles. The molecule has 1 aromatic carbocycles. The lowest BCUT2D eigenvalue weighted by Gasteiger charge is -2.14. The van der Waals surface area contributed by atoms with Crippen LogP contribution in [0, 0.1) is 24.4 Å². The number of ether oxygens (including phenoxy) is 1. The number of pyridine rings is 1. The summed E-state index contributed by atoms with van der Waals surface area (Å²) in [4.78, 5) is 22.3. The molecule has 0 spiro atoms. The minimum Gasteiger partial charge on any atom is -0.481 e. The Kier molecular flexibility index (Phi) is 4.97. The number of nitrogens with zero attached hydrogens (tertiary/aromatic N) is 4. The smallest absolute Gasteiger partial charge is 0.277 e. The highest BCUT2D eigenvalue weighted by atomic mass is 19.1. The van der Waals surface area contributed by atoms with Gasteiger partial charge in [-0.25, -0.2) is 18.2 Å². The van der Waals surface area contributed by atoms with Gasteiger partial charge in [0.1, 0.15) is 28.8 Å². The van der Waals surface area contributed by atoms with Gasteiger partial charge >= 0.3 is 0 Å². The van der Waals surface area contributed by atoms with E-state index >= 15 is 0 Å². The van der Waals surface area contributed by atoms with Crippen LogP contribution >= 0.6 is 0 Å². The zero-order valence-corrected chi connectivity index (χ0v) is 16.7. The van der Waals surface area contributed by atoms with Gasteiger partial charge in [0.15, 0.2) is 5.65 Å². The molecule has 6 nitrogen and oxygen atoms in total. The van der Waals surface area contributed by atoms with E-state index in [4.69, 9.17) is 4.74 Å². The number of hydrogen-bond donors (Lipinski definition) is 0. The molecule has 30 heavy (non-hydrogen) atoms. The Morgan fingerprint density at radius 2 is 1.80 bits per heavy atom. The van der Waals surface area contributed by atoms with Gasteiger partial charge in [-0.15, -0.1) is 0 Å². The average Bonchev–Trinajstić information content (AvgIpc) is 3.03. The Bertz CT molecular complexity index is 1320. The zero-order valence-electron chi connectivity index (χ0n) is 16.7. The Labute approximate surface area is 169 Å². The van der Waals surface area contributed by atoms with E-state index < -0.39 is 35.1 Å². The van der Waals surface area contributed by atoms with E-state index in [1.54, 1.807) is 23.5 Å². The fraction of sp³-hybridized carbons (Fsp3) is 0.286. The molecule has 0 aliphatic rings. The molecule has 0 aliphatic carbocycles. The maximum atomic E-state index is 14.3. The van der Waals surface area contributed by atoms with Gasteiger partial charge in [-0.05, 0) is 19.4 Å². The summed E-state index contributed by atoms with van der Waals surface area (Å²) in [5.74, 6) is -2.17. The van der Waals surface area contributed by atoms with Crippen molar-refractivity contribution in [2.24, 2.45) is 0 Å². The minimum atomic E-state index is -1.06. The van der Waals surface area contributed by atoms with Crippen LogP contribution in [0.2, 0.25) is 0 Å². The number of rotatable bonds is 5. The van der Waals surface area contributed by atoms with Crippen LogP contribution in [0.1, 0.15) is 30.4 Å². The lowest BCUT2D eigenvalue weighted by Crippen LogP contribution is -2.25.